The number of aromatic amines is 1. The summed E-state index contributed by atoms with van der Waals surface area (Å²) in [7, 11) is 0. The van der Waals surface area contributed by atoms with Crippen molar-refractivity contribution in [1.29, 1.82) is 0 Å². The van der Waals surface area contributed by atoms with Crippen molar-refractivity contribution in [2.45, 2.75) is 17.4 Å². The van der Waals surface area contributed by atoms with Crippen LogP contribution in [0.15, 0.2) is 23.0 Å². The number of thioether (sulfide) groups is 2. The van der Waals surface area contributed by atoms with Gasteiger partial charge in [-0.25, -0.2) is 4.98 Å². The van der Waals surface area contributed by atoms with Crippen LogP contribution in [0.3, 0.4) is 0 Å². The smallest absolute Gasteiger partial charge is 0.249 e. The summed E-state index contributed by atoms with van der Waals surface area (Å²) in [5.74, 6) is 3.51. The minimum absolute atomic E-state index is 0.0779. The van der Waals surface area contributed by atoms with E-state index in [-0.39, 0.29) is 5.56 Å². The Hall–Kier alpha value is -1.14. The second kappa shape index (κ2) is 5.25. The van der Waals surface area contributed by atoms with Gasteiger partial charge in [0.1, 0.15) is 11.5 Å². The number of fused-ring (bicyclic) bond motifs is 2. The average Bonchev–Trinajstić information content (AvgIpc) is 2.90. The fourth-order valence-electron chi connectivity index (χ4n) is 3.12. The van der Waals surface area contributed by atoms with Crippen LogP contribution in [0.2, 0.25) is 0 Å². The van der Waals surface area contributed by atoms with E-state index < -0.39 is 0 Å². The standard InChI is InChI=1S/C15H17N3OS2/c1-9-6-14(19)17-15-10(9)2-3-13(16-15)18-7-11-12(8-18)21-5-4-20-11/h2-3,6,11-12H,4-5,7-8H2,1H3,(H,16,17,19). The largest absolute Gasteiger partial charge is 0.354 e. The number of nitrogens with zero attached hydrogens (tertiary/aromatic N) is 2. The number of aromatic nitrogens is 2. The third kappa shape index (κ3) is 2.44. The van der Waals surface area contributed by atoms with Gasteiger partial charge in [-0.15, -0.1) is 0 Å². The van der Waals surface area contributed by atoms with Crippen LogP contribution < -0.4 is 10.5 Å². The third-order valence-corrected chi connectivity index (χ3v) is 7.30. The first kappa shape index (κ1) is 13.5. The Labute approximate surface area is 131 Å². The molecular weight excluding hydrogens is 302 g/mol. The molecule has 4 rings (SSSR count). The topological polar surface area (TPSA) is 49.0 Å². The number of H-pyrrole nitrogens is 1. The first-order valence-electron chi connectivity index (χ1n) is 7.19. The van der Waals surface area contributed by atoms with Crippen LogP contribution in [-0.2, 0) is 0 Å². The average molecular weight is 319 g/mol. The Morgan fingerprint density at radius 3 is 2.67 bits per heavy atom. The molecular formula is C15H17N3OS2. The van der Waals surface area contributed by atoms with E-state index in [9.17, 15) is 4.79 Å². The molecule has 2 aliphatic heterocycles. The molecule has 110 valence electrons. The van der Waals surface area contributed by atoms with E-state index in [0.29, 0.717) is 5.65 Å². The summed E-state index contributed by atoms with van der Waals surface area (Å²) in [5, 5.41) is 2.47. The van der Waals surface area contributed by atoms with Gasteiger partial charge < -0.3 is 9.88 Å². The van der Waals surface area contributed by atoms with Crippen molar-refractivity contribution in [3.63, 3.8) is 0 Å². The van der Waals surface area contributed by atoms with E-state index in [1.54, 1.807) is 6.07 Å². The maximum Gasteiger partial charge on any atom is 0.249 e. The van der Waals surface area contributed by atoms with Crippen molar-refractivity contribution in [2.75, 3.05) is 29.5 Å². The maximum absolute atomic E-state index is 11.6. The van der Waals surface area contributed by atoms with Crippen molar-refractivity contribution in [3.8, 4) is 0 Å². The zero-order chi connectivity index (χ0) is 14.4. The van der Waals surface area contributed by atoms with Crippen molar-refractivity contribution >= 4 is 40.4 Å². The Kier molecular flexibility index (Phi) is 3.38. The molecule has 0 radical (unpaired) electrons. The van der Waals surface area contributed by atoms with Crippen LogP contribution in [0.5, 0.6) is 0 Å². The van der Waals surface area contributed by atoms with Gasteiger partial charge in [0.2, 0.25) is 5.56 Å². The lowest BCUT2D eigenvalue weighted by molar-refractivity contribution is 0.944. The number of hydrogen-bond acceptors (Lipinski definition) is 5. The Bertz CT molecular complexity index is 731. The second-order valence-corrected chi connectivity index (χ2v) is 8.30. The van der Waals surface area contributed by atoms with E-state index in [0.717, 1.165) is 40.4 Å². The SMILES string of the molecule is Cc1cc(=O)[nH]c2nc(N3CC4SCCSC4C3)ccc12. The molecule has 4 heterocycles. The van der Waals surface area contributed by atoms with Crippen molar-refractivity contribution in [1.82, 2.24) is 9.97 Å². The monoisotopic (exact) mass is 319 g/mol. The molecule has 1 N–H and O–H groups in total. The minimum Gasteiger partial charge on any atom is -0.354 e. The van der Waals surface area contributed by atoms with Gasteiger partial charge in [-0.3, -0.25) is 4.79 Å². The van der Waals surface area contributed by atoms with Crippen LogP contribution in [0, 0.1) is 6.92 Å². The zero-order valence-electron chi connectivity index (χ0n) is 11.8. The number of aryl methyl sites for hydroxylation is 1. The first-order chi connectivity index (χ1) is 10.2. The van der Waals surface area contributed by atoms with E-state index >= 15 is 0 Å². The summed E-state index contributed by atoms with van der Waals surface area (Å²) >= 11 is 4.19. The van der Waals surface area contributed by atoms with Crippen molar-refractivity contribution in [3.05, 3.63) is 34.1 Å². The molecule has 0 bridgehead atoms. The Morgan fingerprint density at radius 1 is 1.24 bits per heavy atom. The van der Waals surface area contributed by atoms with Crippen LogP contribution >= 0.6 is 23.5 Å². The molecule has 21 heavy (non-hydrogen) atoms. The van der Waals surface area contributed by atoms with E-state index in [1.165, 1.54) is 11.5 Å². The molecule has 0 saturated carbocycles. The minimum atomic E-state index is -0.0779. The quantitative estimate of drug-likeness (QED) is 0.874. The fourth-order valence-corrected chi connectivity index (χ4v) is 6.13. The molecule has 0 amide bonds. The van der Waals surface area contributed by atoms with Crippen LogP contribution in [0.25, 0.3) is 11.0 Å². The molecule has 0 aromatic carbocycles. The molecule has 2 atom stereocenters. The molecule has 2 aliphatic rings. The number of rotatable bonds is 1. The molecule has 2 unspecified atom stereocenters. The summed E-state index contributed by atoms with van der Waals surface area (Å²) < 4.78 is 0. The summed E-state index contributed by atoms with van der Waals surface area (Å²) in [5.41, 5.74) is 1.60. The van der Waals surface area contributed by atoms with Gasteiger partial charge in [-0.2, -0.15) is 23.5 Å². The third-order valence-electron chi connectivity index (χ3n) is 4.18. The van der Waals surface area contributed by atoms with E-state index in [2.05, 4.69) is 50.5 Å². The predicted molar refractivity (Wildman–Crippen MR) is 91.8 cm³/mol. The highest BCUT2D eigenvalue weighted by Crippen LogP contribution is 2.38. The van der Waals surface area contributed by atoms with Gasteiger partial charge in [-0.1, -0.05) is 0 Å². The maximum atomic E-state index is 11.6. The van der Waals surface area contributed by atoms with Crippen LogP contribution in [0.1, 0.15) is 5.56 Å². The lowest BCUT2D eigenvalue weighted by atomic mass is 10.2. The molecule has 6 heteroatoms. The summed E-state index contributed by atoms with van der Waals surface area (Å²) in [4.78, 5) is 21.5. The number of anilines is 1. The molecule has 2 aromatic rings. The molecule has 0 spiro atoms. The Morgan fingerprint density at radius 2 is 1.95 bits per heavy atom. The van der Waals surface area contributed by atoms with Gasteiger partial charge in [0, 0.05) is 46.5 Å². The van der Waals surface area contributed by atoms with Crippen LogP contribution in [0.4, 0.5) is 5.82 Å². The second-order valence-electron chi connectivity index (χ2n) is 5.61. The molecule has 2 fully saturated rings. The van der Waals surface area contributed by atoms with Crippen molar-refractivity contribution < 1.29 is 0 Å². The first-order valence-corrected chi connectivity index (χ1v) is 9.29. The number of hydrogen-bond donors (Lipinski definition) is 1. The highest BCUT2D eigenvalue weighted by Gasteiger charge is 2.36. The summed E-state index contributed by atoms with van der Waals surface area (Å²) in [6, 6.07) is 5.78. The number of nitrogens with one attached hydrogen (secondary N) is 1. The van der Waals surface area contributed by atoms with Crippen LogP contribution in [-0.4, -0.2) is 45.1 Å². The number of pyridine rings is 2. The van der Waals surface area contributed by atoms with Gasteiger partial charge in [0.15, 0.2) is 0 Å². The molecule has 4 nitrogen and oxygen atoms in total. The molecule has 2 saturated heterocycles. The fraction of sp³-hybridized carbons (Fsp3) is 0.467. The Balaban J connectivity index is 1.69. The summed E-state index contributed by atoms with van der Waals surface area (Å²) in [6.45, 7) is 4.09. The normalized spacial score (nSPS) is 25.3. The highest BCUT2D eigenvalue weighted by atomic mass is 32.2. The van der Waals surface area contributed by atoms with E-state index in [4.69, 9.17) is 0 Å². The van der Waals surface area contributed by atoms with Gasteiger partial charge in [0.25, 0.3) is 0 Å². The highest BCUT2D eigenvalue weighted by molar-refractivity contribution is 8.07. The lowest BCUT2D eigenvalue weighted by Gasteiger charge is -2.21. The van der Waals surface area contributed by atoms with Crippen molar-refractivity contribution in [2.24, 2.45) is 0 Å². The predicted octanol–water partition coefficient (Wildman–Crippen LogP) is 2.27. The zero-order valence-corrected chi connectivity index (χ0v) is 13.5. The molecule has 2 aromatic heterocycles. The summed E-state index contributed by atoms with van der Waals surface area (Å²) in [6.07, 6.45) is 0. The van der Waals surface area contributed by atoms with Gasteiger partial charge in [0.05, 0.1) is 0 Å². The van der Waals surface area contributed by atoms with E-state index in [1.807, 2.05) is 6.92 Å². The van der Waals surface area contributed by atoms with Gasteiger partial charge in [-0.05, 0) is 24.6 Å². The lowest BCUT2D eigenvalue weighted by Crippen LogP contribution is -2.23. The molecule has 0 aliphatic carbocycles. The van der Waals surface area contributed by atoms with Gasteiger partial charge >= 0.3 is 0 Å².